The highest BCUT2D eigenvalue weighted by atomic mass is 35.5. The number of anilines is 1. The second kappa shape index (κ2) is 7.99. The van der Waals surface area contributed by atoms with Gasteiger partial charge in [0.25, 0.3) is 0 Å². The third-order valence-electron chi connectivity index (χ3n) is 4.32. The van der Waals surface area contributed by atoms with Crippen LogP contribution in [0.3, 0.4) is 0 Å². The van der Waals surface area contributed by atoms with E-state index in [1.807, 2.05) is 17.0 Å². The average Bonchev–Trinajstić information content (AvgIpc) is 2.56. The van der Waals surface area contributed by atoms with Gasteiger partial charge in [-0.1, -0.05) is 11.6 Å². The van der Waals surface area contributed by atoms with Crippen LogP contribution in [0.5, 0.6) is 0 Å². The number of halogens is 2. The molecule has 3 rings (SSSR count). The van der Waals surface area contributed by atoms with Gasteiger partial charge in [-0.15, -0.1) is 12.4 Å². The molecule has 7 heteroatoms. The molecule has 1 amide bonds. The molecule has 2 saturated heterocycles. The molecule has 0 spiro atoms. The number of piperidine rings is 1. The molecule has 22 heavy (non-hydrogen) atoms. The first-order valence-corrected chi connectivity index (χ1v) is 7.98. The number of amides is 1. The maximum Gasteiger partial charge on any atom is 0.225 e. The molecule has 2 aliphatic rings. The molecule has 3 heterocycles. The molecule has 0 radical (unpaired) electrons. The van der Waals surface area contributed by atoms with Crippen LogP contribution in [0.2, 0.25) is 5.02 Å². The van der Waals surface area contributed by atoms with Crippen LogP contribution in [0.4, 0.5) is 5.82 Å². The van der Waals surface area contributed by atoms with Gasteiger partial charge in [0.1, 0.15) is 5.82 Å². The largest absolute Gasteiger partial charge is 0.352 e. The van der Waals surface area contributed by atoms with E-state index >= 15 is 0 Å². The van der Waals surface area contributed by atoms with Gasteiger partial charge in [0, 0.05) is 38.3 Å². The van der Waals surface area contributed by atoms with Crippen LogP contribution in [0.1, 0.15) is 12.8 Å². The Morgan fingerprint density at radius 1 is 1.23 bits per heavy atom. The zero-order chi connectivity index (χ0) is 14.7. The second-order valence-corrected chi connectivity index (χ2v) is 6.05. The summed E-state index contributed by atoms with van der Waals surface area (Å²) >= 11 is 6.19. The summed E-state index contributed by atoms with van der Waals surface area (Å²) in [5, 5.41) is 3.98. The van der Waals surface area contributed by atoms with Crippen LogP contribution < -0.4 is 10.2 Å². The van der Waals surface area contributed by atoms with Crippen LogP contribution in [0.15, 0.2) is 18.3 Å². The van der Waals surface area contributed by atoms with Crippen molar-refractivity contribution >= 4 is 35.7 Å². The van der Waals surface area contributed by atoms with Crippen molar-refractivity contribution in [2.24, 2.45) is 5.92 Å². The SMILES string of the molecule is Cl.O=C(C1CCNCC1)N1CCN(c2ncccc2Cl)CC1. The van der Waals surface area contributed by atoms with Crippen LogP contribution in [-0.2, 0) is 4.79 Å². The lowest BCUT2D eigenvalue weighted by Gasteiger charge is -2.37. The first kappa shape index (κ1) is 17.3. The van der Waals surface area contributed by atoms with Crippen molar-refractivity contribution in [1.29, 1.82) is 0 Å². The van der Waals surface area contributed by atoms with Crippen molar-refractivity contribution in [2.75, 3.05) is 44.2 Å². The van der Waals surface area contributed by atoms with Crippen LogP contribution in [0.25, 0.3) is 0 Å². The molecular formula is C15H22Cl2N4O. The van der Waals surface area contributed by atoms with Gasteiger partial charge in [-0.3, -0.25) is 4.79 Å². The van der Waals surface area contributed by atoms with E-state index in [2.05, 4.69) is 15.2 Å². The molecule has 122 valence electrons. The van der Waals surface area contributed by atoms with E-state index in [9.17, 15) is 4.79 Å². The van der Waals surface area contributed by atoms with E-state index in [1.54, 1.807) is 6.20 Å². The van der Waals surface area contributed by atoms with Crippen LogP contribution >= 0.6 is 24.0 Å². The lowest BCUT2D eigenvalue weighted by Crippen LogP contribution is -2.51. The predicted octanol–water partition coefficient (Wildman–Crippen LogP) is 1.80. The number of carbonyl (C=O) groups is 1. The van der Waals surface area contributed by atoms with Gasteiger partial charge >= 0.3 is 0 Å². The van der Waals surface area contributed by atoms with Gasteiger partial charge in [-0.05, 0) is 38.1 Å². The summed E-state index contributed by atoms with van der Waals surface area (Å²) in [5.41, 5.74) is 0. The Morgan fingerprint density at radius 2 is 1.91 bits per heavy atom. The number of aromatic nitrogens is 1. The normalized spacial score (nSPS) is 19.7. The molecule has 2 fully saturated rings. The topological polar surface area (TPSA) is 48.5 Å². The van der Waals surface area contributed by atoms with Gasteiger partial charge in [0.05, 0.1) is 5.02 Å². The van der Waals surface area contributed by atoms with Crippen molar-refractivity contribution in [3.05, 3.63) is 23.4 Å². The van der Waals surface area contributed by atoms with Gasteiger partial charge in [0.2, 0.25) is 5.91 Å². The molecule has 1 aromatic rings. The number of nitrogens with zero attached hydrogens (tertiary/aromatic N) is 3. The molecule has 0 aliphatic carbocycles. The summed E-state index contributed by atoms with van der Waals surface area (Å²) in [6, 6.07) is 3.69. The van der Waals surface area contributed by atoms with Crippen LogP contribution in [0, 0.1) is 5.92 Å². The summed E-state index contributed by atoms with van der Waals surface area (Å²) in [7, 11) is 0. The molecular weight excluding hydrogens is 323 g/mol. The number of carbonyl (C=O) groups excluding carboxylic acids is 1. The van der Waals surface area contributed by atoms with Crippen molar-refractivity contribution in [1.82, 2.24) is 15.2 Å². The van der Waals surface area contributed by atoms with Crippen molar-refractivity contribution in [3.63, 3.8) is 0 Å². The highest BCUT2D eigenvalue weighted by Gasteiger charge is 2.29. The molecule has 0 unspecified atom stereocenters. The Labute approximate surface area is 142 Å². The molecule has 5 nitrogen and oxygen atoms in total. The quantitative estimate of drug-likeness (QED) is 0.888. The Kier molecular flexibility index (Phi) is 6.29. The number of rotatable bonds is 2. The maximum absolute atomic E-state index is 12.5. The molecule has 0 aromatic carbocycles. The fourth-order valence-electron chi connectivity index (χ4n) is 3.08. The number of piperazine rings is 1. The smallest absolute Gasteiger partial charge is 0.225 e. The Balaban J connectivity index is 0.00000176. The zero-order valence-electron chi connectivity index (χ0n) is 12.5. The van der Waals surface area contributed by atoms with E-state index in [4.69, 9.17) is 11.6 Å². The molecule has 1 aromatic heterocycles. The lowest BCUT2D eigenvalue weighted by molar-refractivity contribution is -0.136. The number of pyridine rings is 1. The predicted molar refractivity (Wildman–Crippen MR) is 90.9 cm³/mol. The number of nitrogens with one attached hydrogen (secondary N) is 1. The minimum atomic E-state index is 0. The van der Waals surface area contributed by atoms with E-state index in [0.29, 0.717) is 10.9 Å². The Bertz CT molecular complexity index is 500. The zero-order valence-corrected chi connectivity index (χ0v) is 14.1. The Morgan fingerprint density at radius 3 is 2.55 bits per heavy atom. The summed E-state index contributed by atoms with van der Waals surface area (Å²) in [6.07, 6.45) is 3.68. The molecule has 2 aliphatic heterocycles. The molecule has 0 bridgehead atoms. The lowest BCUT2D eigenvalue weighted by atomic mass is 9.96. The van der Waals surface area contributed by atoms with Gasteiger partial charge in [-0.25, -0.2) is 4.98 Å². The van der Waals surface area contributed by atoms with E-state index < -0.39 is 0 Å². The minimum Gasteiger partial charge on any atom is -0.352 e. The van der Waals surface area contributed by atoms with E-state index in [0.717, 1.165) is 57.9 Å². The first-order chi connectivity index (χ1) is 10.3. The van der Waals surface area contributed by atoms with Gasteiger partial charge < -0.3 is 15.1 Å². The highest BCUT2D eigenvalue weighted by Crippen LogP contribution is 2.24. The van der Waals surface area contributed by atoms with Gasteiger partial charge in [0.15, 0.2) is 0 Å². The summed E-state index contributed by atoms with van der Waals surface area (Å²) in [6.45, 7) is 5.03. The van der Waals surface area contributed by atoms with Crippen molar-refractivity contribution < 1.29 is 4.79 Å². The standard InChI is InChI=1S/C15H21ClN4O.ClH/c16-13-2-1-5-18-14(13)19-8-10-20(11-9-19)15(21)12-3-6-17-7-4-12;/h1-2,5,12,17H,3-4,6-11H2;1H. The average molecular weight is 345 g/mol. The number of hydrogen-bond acceptors (Lipinski definition) is 4. The summed E-state index contributed by atoms with van der Waals surface area (Å²) in [5.74, 6) is 1.35. The fraction of sp³-hybridized carbons (Fsp3) is 0.600. The van der Waals surface area contributed by atoms with E-state index in [1.165, 1.54) is 0 Å². The fourth-order valence-corrected chi connectivity index (χ4v) is 3.32. The first-order valence-electron chi connectivity index (χ1n) is 7.60. The third-order valence-corrected chi connectivity index (χ3v) is 4.61. The number of hydrogen-bond donors (Lipinski definition) is 1. The van der Waals surface area contributed by atoms with Crippen molar-refractivity contribution in [2.45, 2.75) is 12.8 Å². The Hall–Kier alpha value is -1.04. The monoisotopic (exact) mass is 344 g/mol. The van der Waals surface area contributed by atoms with E-state index in [-0.39, 0.29) is 18.3 Å². The minimum absolute atomic E-state index is 0. The van der Waals surface area contributed by atoms with Crippen molar-refractivity contribution in [3.8, 4) is 0 Å². The molecule has 0 saturated carbocycles. The van der Waals surface area contributed by atoms with Crippen LogP contribution in [-0.4, -0.2) is 55.1 Å². The van der Waals surface area contributed by atoms with Gasteiger partial charge in [-0.2, -0.15) is 0 Å². The summed E-state index contributed by atoms with van der Waals surface area (Å²) in [4.78, 5) is 21.0. The summed E-state index contributed by atoms with van der Waals surface area (Å²) < 4.78 is 0. The second-order valence-electron chi connectivity index (χ2n) is 5.65. The highest BCUT2D eigenvalue weighted by molar-refractivity contribution is 6.32. The molecule has 0 atom stereocenters. The maximum atomic E-state index is 12.5. The third kappa shape index (κ3) is 3.83. The molecule has 1 N–H and O–H groups in total.